The van der Waals surface area contributed by atoms with Gasteiger partial charge in [0.15, 0.2) is 0 Å². The van der Waals surface area contributed by atoms with E-state index in [4.69, 9.17) is 0 Å². The van der Waals surface area contributed by atoms with Crippen LogP contribution in [-0.4, -0.2) is 26.6 Å². The maximum Gasteiger partial charge on any atom is 0.291 e. The molecule has 0 atom stereocenters. The highest BCUT2D eigenvalue weighted by molar-refractivity contribution is 7.17. The Balaban J connectivity index is 1.80. The lowest BCUT2D eigenvalue weighted by Gasteiger charge is -2.08. The first-order valence-electron chi connectivity index (χ1n) is 7.85. The molecule has 23 heavy (non-hydrogen) atoms. The quantitative estimate of drug-likeness (QED) is 0.753. The minimum absolute atomic E-state index is 0.0286. The predicted octanol–water partition coefficient (Wildman–Crippen LogP) is 2.33. The molecule has 0 bridgehead atoms. The van der Waals surface area contributed by atoms with E-state index in [2.05, 4.69) is 10.4 Å². The normalized spacial score (nSPS) is 11.4. The molecule has 7 heteroatoms. The summed E-state index contributed by atoms with van der Waals surface area (Å²) >= 11 is 1.62. The molecule has 0 unspecified atom stereocenters. The standard InChI is InChI=1S/C16H20N4O2S/c1-3-7-17-15(21)5-4-8-19-16(22)13-10-14-12(6-9-23-14)20(13)11(2)18-19/h6,9-10H,3-5,7-8H2,1-2H3,(H,17,21). The molecule has 122 valence electrons. The molecule has 1 amide bonds. The Labute approximate surface area is 137 Å². The Bertz CT molecular complexity index is 906. The Morgan fingerprint density at radius 1 is 1.39 bits per heavy atom. The Morgan fingerprint density at radius 3 is 3.00 bits per heavy atom. The lowest BCUT2D eigenvalue weighted by Crippen LogP contribution is -2.28. The van der Waals surface area contributed by atoms with Crippen LogP contribution in [0.4, 0.5) is 0 Å². The number of amides is 1. The van der Waals surface area contributed by atoms with Gasteiger partial charge in [0.2, 0.25) is 5.91 Å². The number of carbonyl (C=O) groups excluding carboxylic acids is 1. The summed E-state index contributed by atoms with van der Waals surface area (Å²) < 4.78 is 4.46. The van der Waals surface area contributed by atoms with Crippen molar-refractivity contribution in [1.82, 2.24) is 19.5 Å². The summed E-state index contributed by atoms with van der Waals surface area (Å²) in [6.45, 7) is 5.07. The topological polar surface area (TPSA) is 68.4 Å². The van der Waals surface area contributed by atoms with Crippen molar-refractivity contribution in [3.8, 4) is 0 Å². The number of hydrogen-bond acceptors (Lipinski definition) is 4. The lowest BCUT2D eigenvalue weighted by atomic mass is 10.3. The number of fused-ring (bicyclic) bond motifs is 3. The predicted molar refractivity (Wildman–Crippen MR) is 92.1 cm³/mol. The van der Waals surface area contributed by atoms with E-state index in [0.29, 0.717) is 31.4 Å². The van der Waals surface area contributed by atoms with E-state index in [-0.39, 0.29) is 11.5 Å². The third-order valence-electron chi connectivity index (χ3n) is 3.81. The number of carbonyl (C=O) groups is 1. The number of rotatable bonds is 6. The lowest BCUT2D eigenvalue weighted by molar-refractivity contribution is -0.121. The second kappa shape index (κ2) is 6.54. The molecule has 0 saturated carbocycles. The molecule has 0 aliphatic carbocycles. The smallest absolute Gasteiger partial charge is 0.291 e. The van der Waals surface area contributed by atoms with Crippen molar-refractivity contribution < 1.29 is 4.79 Å². The maximum atomic E-state index is 12.6. The highest BCUT2D eigenvalue weighted by Crippen LogP contribution is 2.24. The summed E-state index contributed by atoms with van der Waals surface area (Å²) in [5, 5.41) is 9.25. The number of aromatic nitrogens is 3. The van der Waals surface area contributed by atoms with Gasteiger partial charge in [-0.3, -0.25) is 14.0 Å². The van der Waals surface area contributed by atoms with Crippen molar-refractivity contribution >= 4 is 33.0 Å². The highest BCUT2D eigenvalue weighted by atomic mass is 32.1. The van der Waals surface area contributed by atoms with Gasteiger partial charge in [-0.05, 0) is 37.3 Å². The van der Waals surface area contributed by atoms with Gasteiger partial charge in [-0.25, -0.2) is 4.68 Å². The number of nitrogens with zero attached hydrogens (tertiary/aromatic N) is 3. The summed E-state index contributed by atoms with van der Waals surface area (Å²) in [4.78, 5) is 24.2. The summed E-state index contributed by atoms with van der Waals surface area (Å²) in [7, 11) is 0. The summed E-state index contributed by atoms with van der Waals surface area (Å²) in [6, 6.07) is 3.92. The van der Waals surface area contributed by atoms with Crippen LogP contribution in [0, 0.1) is 6.92 Å². The molecule has 3 heterocycles. The zero-order valence-electron chi connectivity index (χ0n) is 13.3. The molecule has 0 fully saturated rings. The Kier molecular flexibility index (Phi) is 4.47. The van der Waals surface area contributed by atoms with E-state index in [1.807, 2.05) is 35.8 Å². The van der Waals surface area contributed by atoms with Crippen molar-refractivity contribution in [2.75, 3.05) is 6.54 Å². The Morgan fingerprint density at radius 2 is 2.22 bits per heavy atom. The van der Waals surface area contributed by atoms with Gasteiger partial charge < -0.3 is 5.32 Å². The van der Waals surface area contributed by atoms with Gasteiger partial charge in [0, 0.05) is 19.5 Å². The van der Waals surface area contributed by atoms with E-state index < -0.39 is 0 Å². The molecule has 0 saturated heterocycles. The van der Waals surface area contributed by atoms with Crippen molar-refractivity contribution in [2.24, 2.45) is 0 Å². The van der Waals surface area contributed by atoms with E-state index >= 15 is 0 Å². The van der Waals surface area contributed by atoms with Crippen molar-refractivity contribution in [3.63, 3.8) is 0 Å². The molecule has 0 radical (unpaired) electrons. The summed E-state index contributed by atoms with van der Waals surface area (Å²) in [5.41, 5.74) is 1.57. The number of hydrogen-bond donors (Lipinski definition) is 1. The molecule has 6 nitrogen and oxygen atoms in total. The van der Waals surface area contributed by atoms with Crippen molar-refractivity contribution in [1.29, 1.82) is 0 Å². The zero-order chi connectivity index (χ0) is 16.4. The van der Waals surface area contributed by atoms with Gasteiger partial charge in [0.05, 0.1) is 10.2 Å². The fourth-order valence-corrected chi connectivity index (χ4v) is 3.53. The molecule has 0 aliphatic heterocycles. The molecule has 0 aliphatic rings. The molecule has 3 aromatic rings. The monoisotopic (exact) mass is 332 g/mol. The zero-order valence-corrected chi connectivity index (χ0v) is 14.2. The molecule has 1 N–H and O–H groups in total. The van der Waals surface area contributed by atoms with Crippen LogP contribution in [-0.2, 0) is 11.3 Å². The van der Waals surface area contributed by atoms with Crippen LogP contribution in [0.15, 0.2) is 22.3 Å². The summed E-state index contributed by atoms with van der Waals surface area (Å²) in [6.07, 6.45) is 1.94. The van der Waals surface area contributed by atoms with Gasteiger partial charge in [0.25, 0.3) is 5.56 Å². The van der Waals surface area contributed by atoms with Crippen LogP contribution in [0.2, 0.25) is 0 Å². The van der Waals surface area contributed by atoms with Gasteiger partial charge in [-0.2, -0.15) is 5.10 Å². The maximum absolute atomic E-state index is 12.6. The third-order valence-corrected chi connectivity index (χ3v) is 4.66. The number of nitrogens with one attached hydrogen (secondary N) is 1. The summed E-state index contributed by atoms with van der Waals surface area (Å²) in [5.74, 6) is 0.810. The van der Waals surface area contributed by atoms with Crippen LogP contribution in [0.1, 0.15) is 32.0 Å². The second-order valence-electron chi connectivity index (χ2n) is 5.56. The third kappa shape index (κ3) is 3.01. The van der Waals surface area contributed by atoms with Crippen LogP contribution < -0.4 is 10.9 Å². The SMILES string of the molecule is CCCNC(=O)CCCn1nc(C)n2c(cc3sccc32)c1=O. The van der Waals surface area contributed by atoms with E-state index in [9.17, 15) is 9.59 Å². The highest BCUT2D eigenvalue weighted by Gasteiger charge is 2.12. The molecular weight excluding hydrogens is 312 g/mol. The van der Waals surface area contributed by atoms with Gasteiger partial charge in [0.1, 0.15) is 11.3 Å². The van der Waals surface area contributed by atoms with Crippen molar-refractivity contribution in [3.05, 3.63) is 33.7 Å². The van der Waals surface area contributed by atoms with E-state index in [1.54, 1.807) is 11.3 Å². The van der Waals surface area contributed by atoms with Crippen molar-refractivity contribution in [2.45, 2.75) is 39.7 Å². The molecule has 3 aromatic heterocycles. The first-order valence-corrected chi connectivity index (χ1v) is 8.73. The van der Waals surface area contributed by atoms with Gasteiger partial charge in [-0.15, -0.1) is 11.3 Å². The van der Waals surface area contributed by atoms with Crippen LogP contribution >= 0.6 is 11.3 Å². The first-order chi connectivity index (χ1) is 11.1. The average Bonchev–Trinajstić information content (AvgIpc) is 3.10. The molecule has 0 aromatic carbocycles. The van der Waals surface area contributed by atoms with Gasteiger partial charge >= 0.3 is 0 Å². The number of thiophene rings is 1. The Hall–Kier alpha value is -2.15. The first kappa shape index (κ1) is 15.7. The molecule has 0 spiro atoms. The minimum Gasteiger partial charge on any atom is -0.356 e. The largest absolute Gasteiger partial charge is 0.356 e. The fraction of sp³-hybridized carbons (Fsp3) is 0.438. The average molecular weight is 332 g/mol. The van der Waals surface area contributed by atoms with E-state index in [0.717, 1.165) is 22.5 Å². The van der Waals surface area contributed by atoms with E-state index in [1.165, 1.54) is 4.68 Å². The fourth-order valence-electron chi connectivity index (χ4n) is 2.72. The van der Waals surface area contributed by atoms with Crippen LogP contribution in [0.25, 0.3) is 15.7 Å². The number of aryl methyl sites for hydroxylation is 2. The van der Waals surface area contributed by atoms with Gasteiger partial charge in [-0.1, -0.05) is 6.92 Å². The molecule has 3 rings (SSSR count). The molecular formula is C16H20N4O2S. The minimum atomic E-state index is -0.104. The van der Waals surface area contributed by atoms with Crippen LogP contribution in [0.3, 0.4) is 0 Å². The van der Waals surface area contributed by atoms with Crippen LogP contribution in [0.5, 0.6) is 0 Å². The second-order valence-corrected chi connectivity index (χ2v) is 6.51.